The highest BCUT2D eigenvalue weighted by atomic mass is 16.1. The number of nitriles is 1. The molecule has 0 bridgehead atoms. The van der Waals surface area contributed by atoms with Gasteiger partial charge in [-0.1, -0.05) is 6.08 Å². The number of hydrogen-bond donors (Lipinski definition) is 1. The van der Waals surface area contributed by atoms with Crippen LogP contribution in [-0.2, 0) is 9.59 Å². The number of allylic oxidation sites excluding steroid dienone is 2. The number of primary amides is 1. The Hall–Kier alpha value is -1.89. The Morgan fingerprint density at radius 2 is 2.31 bits per heavy atom. The number of hydrogen-bond acceptors (Lipinski definition) is 3. The van der Waals surface area contributed by atoms with E-state index in [1.807, 2.05) is 0 Å². The molecule has 1 atom stereocenters. The minimum absolute atomic E-state index is 0.0381. The van der Waals surface area contributed by atoms with Crippen LogP contribution >= 0.6 is 0 Å². The Labute approximate surface area is 75.3 Å². The second kappa shape index (κ2) is 2.87. The maximum absolute atomic E-state index is 11.0. The molecule has 0 saturated carbocycles. The van der Waals surface area contributed by atoms with Gasteiger partial charge in [0, 0.05) is 0 Å². The molecule has 0 fully saturated rings. The van der Waals surface area contributed by atoms with Crippen LogP contribution in [0.2, 0.25) is 0 Å². The van der Waals surface area contributed by atoms with Gasteiger partial charge in [-0.15, -0.1) is 0 Å². The number of rotatable bonds is 1. The summed E-state index contributed by atoms with van der Waals surface area (Å²) in [5.74, 6) is -0.967. The third-order valence-corrected chi connectivity index (χ3v) is 1.94. The largest absolute Gasteiger partial charge is 0.369 e. The molecule has 0 saturated heterocycles. The van der Waals surface area contributed by atoms with Crippen LogP contribution in [0, 0.1) is 16.7 Å². The van der Waals surface area contributed by atoms with Crippen molar-refractivity contribution in [2.75, 3.05) is 0 Å². The number of nitrogens with zero attached hydrogens (tertiary/aromatic N) is 1. The minimum atomic E-state index is -1.01. The Kier molecular flexibility index (Phi) is 2.03. The molecule has 2 N–H and O–H groups in total. The van der Waals surface area contributed by atoms with E-state index < -0.39 is 11.3 Å². The number of carbonyl (C=O) groups excluding carboxylic acids is 2. The monoisotopic (exact) mass is 176 g/mol. The van der Waals surface area contributed by atoms with Gasteiger partial charge in [0.2, 0.25) is 5.91 Å². The first-order chi connectivity index (χ1) is 5.99. The lowest BCUT2D eigenvalue weighted by atomic mass is 9.82. The van der Waals surface area contributed by atoms with Gasteiger partial charge in [-0.05, 0) is 19.1 Å². The lowest BCUT2D eigenvalue weighted by Gasteiger charge is -2.20. The molecule has 0 aromatic rings. The second-order valence-electron chi connectivity index (χ2n) is 3.01. The highest BCUT2D eigenvalue weighted by Crippen LogP contribution is 2.25. The van der Waals surface area contributed by atoms with Gasteiger partial charge < -0.3 is 5.73 Å². The van der Waals surface area contributed by atoms with Crippen molar-refractivity contribution >= 4 is 11.7 Å². The lowest BCUT2D eigenvalue weighted by molar-refractivity contribution is -0.122. The van der Waals surface area contributed by atoms with Crippen LogP contribution in [0.4, 0.5) is 0 Å². The van der Waals surface area contributed by atoms with Crippen molar-refractivity contribution in [3.05, 3.63) is 23.8 Å². The fraction of sp³-hybridized carbons (Fsp3) is 0.222. The number of carbonyl (C=O) groups is 2. The SMILES string of the molecule is CC1(C(N)=O)C=CC(=O)C(C#N)=C1. The molecule has 0 aromatic carbocycles. The first-order valence-electron chi connectivity index (χ1n) is 3.66. The number of amides is 1. The smallest absolute Gasteiger partial charge is 0.231 e. The van der Waals surface area contributed by atoms with Crippen LogP contribution in [0.1, 0.15) is 6.92 Å². The van der Waals surface area contributed by atoms with Crippen molar-refractivity contribution in [1.82, 2.24) is 0 Å². The summed E-state index contributed by atoms with van der Waals surface area (Å²) >= 11 is 0. The summed E-state index contributed by atoms with van der Waals surface area (Å²) in [7, 11) is 0. The quantitative estimate of drug-likeness (QED) is 0.613. The van der Waals surface area contributed by atoms with E-state index in [2.05, 4.69) is 0 Å². The van der Waals surface area contributed by atoms with Crippen molar-refractivity contribution < 1.29 is 9.59 Å². The third-order valence-electron chi connectivity index (χ3n) is 1.94. The van der Waals surface area contributed by atoms with Gasteiger partial charge in [-0.25, -0.2) is 0 Å². The maximum Gasteiger partial charge on any atom is 0.231 e. The molecule has 0 radical (unpaired) electrons. The Morgan fingerprint density at radius 3 is 2.77 bits per heavy atom. The maximum atomic E-state index is 11.0. The standard InChI is InChI=1S/C9H8N2O2/c1-9(8(11)13)3-2-7(12)6(4-9)5-10/h2-4H,1H3,(H2,11,13). The van der Waals surface area contributed by atoms with E-state index in [4.69, 9.17) is 11.0 Å². The summed E-state index contributed by atoms with van der Waals surface area (Å²) in [5.41, 5.74) is 4.06. The first-order valence-corrected chi connectivity index (χ1v) is 3.66. The molecule has 1 rings (SSSR count). The molecule has 0 spiro atoms. The summed E-state index contributed by atoms with van der Waals surface area (Å²) in [6.45, 7) is 1.55. The van der Waals surface area contributed by atoms with E-state index in [1.54, 1.807) is 13.0 Å². The zero-order valence-electron chi connectivity index (χ0n) is 7.07. The summed E-state index contributed by atoms with van der Waals surface area (Å²) < 4.78 is 0. The van der Waals surface area contributed by atoms with E-state index in [0.717, 1.165) is 0 Å². The minimum Gasteiger partial charge on any atom is -0.369 e. The van der Waals surface area contributed by atoms with Crippen LogP contribution in [0.5, 0.6) is 0 Å². The van der Waals surface area contributed by atoms with Crippen LogP contribution in [-0.4, -0.2) is 11.7 Å². The van der Waals surface area contributed by atoms with E-state index >= 15 is 0 Å². The molecular weight excluding hydrogens is 168 g/mol. The van der Waals surface area contributed by atoms with Gasteiger partial charge in [0.1, 0.15) is 6.07 Å². The average Bonchev–Trinajstić information content (AvgIpc) is 2.09. The van der Waals surface area contributed by atoms with Crippen molar-refractivity contribution in [1.29, 1.82) is 5.26 Å². The Morgan fingerprint density at radius 1 is 1.69 bits per heavy atom. The van der Waals surface area contributed by atoms with Crippen molar-refractivity contribution in [2.24, 2.45) is 11.1 Å². The van der Waals surface area contributed by atoms with E-state index in [9.17, 15) is 9.59 Å². The topological polar surface area (TPSA) is 84.0 Å². The molecule has 1 aliphatic rings. The van der Waals surface area contributed by atoms with E-state index in [0.29, 0.717) is 0 Å². The summed E-state index contributed by atoms with van der Waals surface area (Å²) in [6.07, 6.45) is 3.89. The normalized spacial score (nSPS) is 26.5. The molecule has 66 valence electrons. The fourth-order valence-corrected chi connectivity index (χ4v) is 0.998. The van der Waals surface area contributed by atoms with Gasteiger partial charge >= 0.3 is 0 Å². The Bertz CT molecular complexity index is 374. The van der Waals surface area contributed by atoms with E-state index in [1.165, 1.54) is 18.2 Å². The van der Waals surface area contributed by atoms with Crippen molar-refractivity contribution in [3.63, 3.8) is 0 Å². The zero-order chi connectivity index (χ0) is 10.1. The lowest BCUT2D eigenvalue weighted by Crippen LogP contribution is -2.33. The van der Waals surface area contributed by atoms with Gasteiger partial charge in [0.05, 0.1) is 11.0 Å². The molecule has 1 aliphatic carbocycles. The molecule has 4 heteroatoms. The molecule has 0 aromatic heterocycles. The predicted molar refractivity (Wildman–Crippen MR) is 45.1 cm³/mol. The molecule has 13 heavy (non-hydrogen) atoms. The molecule has 0 heterocycles. The van der Waals surface area contributed by atoms with Crippen LogP contribution < -0.4 is 5.73 Å². The van der Waals surface area contributed by atoms with Crippen LogP contribution in [0.3, 0.4) is 0 Å². The third kappa shape index (κ3) is 1.49. The van der Waals surface area contributed by atoms with Crippen molar-refractivity contribution in [3.8, 4) is 6.07 Å². The summed E-state index contributed by atoms with van der Waals surface area (Å²) in [5, 5.41) is 8.55. The highest BCUT2D eigenvalue weighted by molar-refractivity contribution is 6.09. The highest BCUT2D eigenvalue weighted by Gasteiger charge is 2.30. The molecule has 4 nitrogen and oxygen atoms in total. The molecule has 1 unspecified atom stereocenters. The van der Waals surface area contributed by atoms with Gasteiger partial charge in [0.25, 0.3) is 0 Å². The predicted octanol–water partition coefficient (Wildman–Crippen LogP) is 0.0669. The molecular formula is C9H8N2O2. The van der Waals surface area contributed by atoms with Crippen LogP contribution in [0.25, 0.3) is 0 Å². The van der Waals surface area contributed by atoms with Crippen molar-refractivity contribution in [2.45, 2.75) is 6.92 Å². The first kappa shape index (κ1) is 9.20. The second-order valence-corrected chi connectivity index (χ2v) is 3.01. The summed E-state index contributed by atoms with van der Waals surface area (Å²) in [4.78, 5) is 22.0. The molecule has 1 amide bonds. The summed E-state index contributed by atoms with van der Waals surface area (Å²) in [6, 6.07) is 1.72. The van der Waals surface area contributed by atoms with Gasteiger partial charge in [-0.2, -0.15) is 5.26 Å². The Balaban J connectivity index is 3.16. The fourth-order valence-electron chi connectivity index (χ4n) is 0.998. The van der Waals surface area contributed by atoms with E-state index in [-0.39, 0.29) is 11.4 Å². The number of ketones is 1. The molecule has 0 aliphatic heterocycles. The van der Waals surface area contributed by atoms with Gasteiger partial charge in [-0.3, -0.25) is 9.59 Å². The van der Waals surface area contributed by atoms with Gasteiger partial charge in [0.15, 0.2) is 5.78 Å². The average molecular weight is 176 g/mol. The van der Waals surface area contributed by atoms with Crippen LogP contribution in [0.15, 0.2) is 23.8 Å². The zero-order valence-corrected chi connectivity index (χ0v) is 7.07. The number of nitrogens with two attached hydrogens (primary N) is 1.